The van der Waals surface area contributed by atoms with E-state index in [1.54, 1.807) is 17.5 Å². The van der Waals surface area contributed by atoms with Crippen molar-refractivity contribution in [1.29, 1.82) is 0 Å². The molecule has 3 rings (SSSR count). The summed E-state index contributed by atoms with van der Waals surface area (Å²) in [6.45, 7) is 4.72. The van der Waals surface area contributed by atoms with Gasteiger partial charge in [-0.15, -0.1) is 11.3 Å². The highest BCUT2D eigenvalue weighted by Crippen LogP contribution is 2.27. The van der Waals surface area contributed by atoms with E-state index in [-0.39, 0.29) is 0 Å². The Morgan fingerprint density at radius 1 is 1.19 bits per heavy atom. The zero-order valence-electron chi connectivity index (χ0n) is 12.0. The fourth-order valence-electron chi connectivity index (χ4n) is 2.12. The summed E-state index contributed by atoms with van der Waals surface area (Å²) < 4.78 is 1.93. The monoisotopic (exact) mass is 298 g/mol. The van der Waals surface area contributed by atoms with E-state index in [0.717, 1.165) is 30.3 Å². The highest BCUT2D eigenvalue weighted by Gasteiger charge is 2.08. The van der Waals surface area contributed by atoms with Gasteiger partial charge in [-0.1, -0.05) is 30.3 Å². The van der Waals surface area contributed by atoms with Gasteiger partial charge < -0.3 is 5.32 Å². The summed E-state index contributed by atoms with van der Waals surface area (Å²) in [5.74, 6) is 0. The van der Waals surface area contributed by atoms with Crippen LogP contribution in [0.5, 0.6) is 0 Å². The van der Waals surface area contributed by atoms with E-state index >= 15 is 0 Å². The summed E-state index contributed by atoms with van der Waals surface area (Å²) >= 11 is 1.76. The number of thiazole rings is 1. The second-order valence-corrected chi connectivity index (χ2v) is 5.92. The lowest BCUT2D eigenvalue weighted by Gasteiger charge is -2.03. The minimum Gasteiger partial charge on any atom is -0.310 e. The number of nitrogens with zero attached hydrogens (tertiary/aromatic N) is 3. The van der Waals surface area contributed by atoms with Gasteiger partial charge in [0.25, 0.3) is 0 Å². The van der Waals surface area contributed by atoms with Crippen LogP contribution < -0.4 is 5.32 Å². The van der Waals surface area contributed by atoms with Crippen molar-refractivity contribution < 1.29 is 0 Å². The molecule has 0 unspecified atom stereocenters. The fourth-order valence-corrected chi connectivity index (χ4v) is 3.16. The van der Waals surface area contributed by atoms with E-state index in [1.807, 2.05) is 35.1 Å². The quantitative estimate of drug-likeness (QED) is 0.711. The smallest absolute Gasteiger partial charge is 0.123 e. The van der Waals surface area contributed by atoms with Crippen LogP contribution in [0.3, 0.4) is 0 Å². The number of rotatable bonds is 6. The highest BCUT2D eigenvalue weighted by atomic mass is 32.1. The van der Waals surface area contributed by atoms with Crippen molar-refractivity contribution in [3.63, 3.8) is 0 Å². The molecule has 0 bridgehead atoms. The van der Waals surface area contributed by atoms with Crippen molar-refractivity contribution in [2.24, 2.45) is 0 Å². The van der Waals surface area contributed by atoms with Gasteiger partial charge >= 0.3 is 0 Å². The van der Waals surface area contributed by atoms with Crippen LogP contribution in [0, 0.1) is 6.92 Å². The Morgan fingerprint density at radius 2 is 2.05 bits per heavy atom. The molecule has 0 saturated heterocycles. The molecule has 2 aromatic heterocycles. The van der Waals surface area contributed by atoms with Crippen LogP contribution >= 0.6 is 11.3 Å². The third-order valence-electron chi connectivity index (χ3n) is 3.28. The van der Waals surface area contributed by atoms with E-state index < -0.39 is 0 Å². The Bertz CT molecular complexity index is 674. The van der Waals surface area contributed by atoms with Gasteiger partial charge in [0.15, 0.2) is 0 Å². The Morgan fingerprint density at radius 3 is 2.81 bits per heavy atom. The minimum absolute atomic E-state index is 0.859. The highest BCUT2D eigenvalue weighted by molar-refractivity contribution is 7.15. The fraction of sp³-hybridized carbons (Fsp3) is 0.250. The van der Waals surface area contributed by atoms with Crippen LogP contribution in [-0.4, -0.2) is 21.3 Å². The molecule has 1 aromatic carbocycles. The number of aromatic nitrogens is 3. The van der Waals surface area contributed by atoms with Gasteiger partial charge in [-0.3, -0.25) is 4.68 Å². The zero-order chi connectivity index (χ0) is 14.5. The van der Waals surface area contributed by atoms with Crippen molar-refractivity contribution in [2.45, 2.75) is 20.0 Å². The van der Waals surface area contributed by atoms with Crippen LogP contribution in [0.1, 0.15) is 10.6 Å². The lowest BCUT2D eigenvalue weighted by Crippen LogP contribution is -2.19. The van der Waals surface area contributed by atoms with E-state index in [9.17, 15) is 0 Å². The molecule has 0 aliphatic carbocycles. The lowest BCUT2D eigenvalue weighted by atomic mass is 10.2. The average molecular weight is 298 g/mol. The molecule has 0 spiro atoms. The summed E-state index contributed by atoms with van der Waals surface area (Å²) in [4.78, 5) is 5.97. The first kappa shape index (κ1) is 14.0. The second-order valence-electron chi connectivity index (χ2n) is 4.84. The van der Waals surface area contributed by atoms with Gasteiger partial charge in [0.05, 0.1) is 12.2 Å². The molecule has 0 amide bonds. The molecule has 21 heavy (non-hydrogen) atoms. The van der Waals surface area contributed by atoms with Crippen LogP contribution in [0.15, 0.2) is 48.8 Å². The van der Waals surface area contributed by atoms with Crippen LogP contribution in [-0.2, 0) is 13.1 Å². The van der Waals surface area contributed by atoms with Crippen molar-refractivity contribution in [1.82, 2.24) is 20.1 Å². The maximum absolute atomic E-state index is 4.67. The van der Waals surface area contributed by atoms with Crippen LogP contribution in [0.2, 0.25) is 0 Å². The van der Waals surface area contributed by atoms with E-state index in [1.165, 1.54) is 10.4 Å². The molecule has 0 saturated carbocycles. The third kappa shape index (κ3) is 3.56. The summed E-state index contributed by atoms with van der Waals surface area (Å²) in [5.41, 5.74) is 2.30. The van der Waals surface area contributed by atoms with Crippen molar-refractivity contribution in [3.05, 3.63) is 59.4 Å². The first-order chi connectivity index (χ1) is 10.3. The van der Waals surface area contributed by atoms with Gasteiger partial charge in [-0.25, -0.2) is 4.98 Å². The maximum atomic E-state index is 4.67. The Balaban J connectivity index is 1.57. The molecule has 3 aromatic rings. The van der Waals surface area contributed by atoms with Crippen LogP contribution in [0.4, 0.5) is 0 Å². The van der Waals surface area contributed by atoms with Gasteiger partial charge in [0.1, 0.15) is 5.01 Å². The molecule has 0 atom stereocenters. The Hall–Kier alpha value is -1.98. The van der Waals surface area contributed by atoms with E-state index in [2.05, 4.69) is 34.5 Å². The van der Waals surface area contributed by atoms with Gasteiger partial charge in [0.2, 0.25) is 0 Å². The Kier molecular flexibility index (Phi) is 4.43. The summed E-state index contributed by atoms with van der Waals surface area (Å²) in [6.07, 6.45) is 3.78. The topological polar surface area (TPSA) is 42.7 Å². The summed E-state index contributed by atoms with van der Waals surface area (Å²) in [7, 11) is 0. The normalized spacial score (nSPS) is 10.9. The molecule has 1 N–H and O–H groups in total. The first-order valence-corrected chi connectivity index (χ1v) is 7.84. The second kappa shape index (κ2) is 6.65. The predicted molar refractivity (Wildman–Crippen MR) is 86.2 cm³/mol. The van der Waals surface area contributed by atoms with E-state index in [0.29, 0.717) is 0 Å². The minimum atomic E-state index is 0.859. The third-order valence-corrected chi connectivity index (χ3v) is 4.48. The Labute approximate surface area is 128 Å². The number of aryl methyl sites for hydroxylation is 1. The van der Waals surface area contributed by atoms with Gasteiger partial charge in [0, 0.05) is 35.9 Å². The molecular weight excluding hydrogens is 280 g/mol. The molecule has 4 nitrogen and oxygen atoms in total. The number of hydrogen-bond acceptors (Lipinski definition) is 4. The average Bonchev–Trinajstić information content (AvgIpc) is 3.15. The SMILES string of the molecule is Cc1nc(-c2ccccc2)sc1CNCCn1cccn1. The molecule has 0 radical (unpaired) electrons. The predicted octanol–water partition coefficient (Wildman–Crippen LogP) is 3.10. The van der Waals surface area contributed by atoms with Gasteiger partial charge in [-0.05, 0) is 13.0 Å². The summed E-state index contributed by atoms with van der Waals surface area (Å²) in [5, 5.41) is 8.74. The maximum Gasteiger partial charge on any atom is 0.123 e. The van der Waals surface area contributed by atoms with Crippen molar-refractivity contribution >= 4 is 11.3 Å². The molecule has 0 aliphatic heterocycles. The van der Waals surface area contributed by atoms with E-state index in [4.69, 9.17) is 0 Å². The standard InChI is InChI=1S/C16H18N4S/c1-13-15(12-17-9-11-20-10-5-8-18-20)21-16(19-13)14-6-3-2-4-7-14/h2-8,10,17H,9,11-12H2,1H3. The zero-order valence-corrected chi connectivity index (χ0v) is 12.8. The molecule has 5 heteroatoms. The van der Waals surface area contributed by atoms with Gasteiger partial charge in [-0.2, -0.15) is 5.10 Å². The first-order valence-electron chi connectivity index (χ1n) is 7.03. The number of nitrogens with one attached hydrogen (secondary N) is 1. The largest absolute Gasteiger partial charge is 0.310 e. The molecule has 108 valence electrons. The number of hydrogen-bond donors (Lipinski definition) is 1. The van der Waals surface area contributed by atoms with Crippen LogP contribution in [0.25, 0.3) is 10.6 Å². The lowest BCUT2D eigenvalue weighted by molar-refractivity contribution is 0.556. The summed E-state index contributed by atoms with van der Waals surface area (Å²) in [6, 6.07) is 12.3. The van der Waals surface area contributed by atoms with Crippen molar-refractivity contribution in [3.8, 4) is 10.6 Å². The molecule has 0 fully saturated rings. The van der Waals surface area contributed by atoms with Crippen molar-refractivity contribution in [2.75, 3.05) is 6.54 Å². The number of benzene rings is 1. The molecule has 0 aliphatic rings. The molecular formula is C16H18N4S. The molecule has 2 heterocycles.